The highest BCUT2D eigenvalue weighted by Gasteiger charge is 2.12. The average molecular weight is 386 g/mol. The van der Waals surface area contributed by atoms with Crippen LogP contribution in [0.1, 0.15) is 24.1 Å². The Labute approximate surface area is 133 Å². The summed E-state index contributed by atoms with van der Waals surface area (Å²) in [5.74, 6) is 0. The number of likely N-dealkylation sites (N-methyl/N-ethyl adjacent to an activating group) is 1. The first-order valence-electron chi connectivity index (χ1n) is 6.43. The molecular formula is C16H17ClIN. The Kier molecular flexibility index (Phi) is 5.67. The first kappa shape index (κ1) is 14.8. The van der Waals surface area contributed by atoms with Gasteiger partial charge in [-0.05, 0) is 58.8 Å². The van der Waals surface area contributed by atoms with Gasteiger partial charge in [-0.2, -0.15) is 0 Å². The van der Waals surface area contributed by atoms with E-state index in [0.717, 1.165) is 21.6 Å². The van der Waals surface area contributed by atoms with Gasteiger partial charge < -0.3 is 5.32 Å². The van der Waals surface area contributed by atoms with Gasteiger partial charge >= 0.3 is 0 Å². The van der Waals surface area contributed by atoms with Crippen molar-refractivity contribution in [1.29, 1.82) is 0 Å². The van der Waals surface area contributed by atoms with Crippen LogP contribution in [0.15, 0.2) is 48.5 Å². The normalized spacial score (nSPS) is 12.4. The van der Waals surface area contributed by atoms with Gasteiger partial charge in [0.15, 0.2) is 0 Å². The lowest BCUT2D eigenvalue weighted by Gasteiger charge is -2.19. The molecule has 0 bridgehead atoms. The molecule has 2 rings (SSSR count). The highest BCUT2D eigenvalue weighted by Crippen LogP contribution is 2.25. The molecule has 0 aromatic heterocycles. The summed E-state index contributed by atoms with van der Waals surface area (Å²) >= 11 is 8.48. The van der Waals surface area contributed by atoms with E-state index < -0.39 is 0 Å². The fraction of sp³-hybridized carbons (Fsp3) is 0.250. The third kappa shape index (κ3) is 4.20. The van der Waals surface area contributed by atoms with Crippen LogP contribution in [0.25, 0.3) is 0 Å². The van der Waals surface area contributed by atoms with Crippen molar-refractivity contribution in [2.24, 2.45) is 0 Å². The monoisotopic (exact) mass is 385 g/mol. The maximum atomic E-state index is 6.23. The Hall–Kier alpha value is -0.580. The minimum absolute atomic E-state index is 0.307. The molecule has 0 radical (unpaired) electrons. The standard InChI is InChI=1S/C16H17ClIN/c1-2-19-16(10-12-6-4-3-5-7-12)13-8-9-15(18)14(17)11-13/h3-9,11,16,19H,2,10H2,1H3. The van der Waals surface area contributed by atoms with E-state index in [-0.39, 0.29) is 0 Å². The molecule has 0 aliphatic carbocycles. The summed E-state index contributed by atoms with van der Waals surface area (Å²) in [5, 5.41) is 4.36. The zero-order valence-corrected chi connectivity index (χ0v) is 13.8. The molecule has 2 aromatic carbocycles. The highest BCUT2D eigenvalue weighted by atomic mass is 127. The number of halogens is 2. The zero-order chi connectivity index (χ0) is 13.7. The van der Waals surface area contributed by atoms with E-state index in [1.54, 1.807) is 0 Å². The summed E-state index contributed by atoms with van der Waals surface area (Å²) in [5.41, 5.74) is 2.58. The van der Waals surface area contributed by atoms with Gasteiger partial charge in [0.2, 0.25) is 0 Å². The maximum absolute atomic E-state index is 6.23. The van der Waals surface area contributed by atoms with E-state index in [2.05, 4.69) is 77.3 Å². The topological polar surface area (TPSA) is 12.0 Å². The van der Waals surface area contributed by atoms with E-state index >= 15 is 0 Å². The second-order valence-electron chi connectivity index (χ2n) is 4.47. The average Bonchev–Trinajstić information content (AvgIpc) is 2.43. The quantitative estimate of drug-likeness (QED) is 0.726. The number of hydrogen-bond acceptors (Lipinski definition) is 1. The van der Waals surface area contributed by atoms with Gasteiger partial charge in [0.1, 0.15) is 0 Å². The Bertz CT molecular complexity index is 528. The van der Waals surface area contributed by atoms with Gasteiger partial charge in [0.25, 0.3) is 0 Å². The van der Waals surface area contributed by atoms with E-state index in [4.69, 9.17) is 11.6 Å². The third-order valence-electron chi connectivity index (χ3n) is 3.08. The lowest BCUT2D eigenvalue weighted by Crippen LogP contribution is -2.23. The van der Waals surface area contributed by atoms with Crippen molar-refractivity contribution in [3.8, 4) is 0 Å². The molecule has 1 N–H and O–H groups in total. The fourth-order valence-electron chi connectivity index (χ4n) is 2.13. The molecule has 0 saturated carbocycles. The highest BCUT2D eigenvalue weighted by molar-refractivity contribution is 14.1. The molecular weight excluding hydrogens is 369 g/mol. The Balaban J connectivity index is 2.21. The molecule has 0 amide bonds. The Morgan fingerprint density at radius 3 is 2.53 bits per heavy atom. The van der Waals surface area contributed by atoms with Crippen molar-refractivity contribution >= 4 is 34.2 Å². The number of nitrogens with one attached hydrogen (secondary N) is 1. The van der Waals surface area contributed by atoms with E-state index in [1.807, 2.05) is 6.07 Å². The van der Waals surface area contributed by atoms with Crippen molar-refractivity contribution < 1.29 is 0 Å². The van der Waals surface area contributed by atoms with Crippen LogP contribution in [0.3, 0.4) is 0 Å². The number of rotatable bonds is 5. The first-order chi connectivity index (χ1) is 9.20. The van der Waals surface area contributed by atoms with Crippen molar-refractivity contribution in [3.05, 3.63) is 68.3 Å². The van der Waals surface area contributed by atoms with Crippen LogP contribution >= 0.6 is 34.2 Å². The van der Waals surface area contributed by atoms with Crippen molar-refractivity contribution in [1.82, 2.24) is 5.32 Å². The van der Waals surface area contributed by atoms with E-state index in [1.165, 1.54) is 11.1 Å². The van der Waals surface area contributed by atoms with Crippen molar-refractivity contribution in [2.45, 2.75) is 19.4 Å². The summed E-state index contributed by atoms with van der Waals surface area (Å²) in [6, 6.07) is 17.2. The van der Waals surface area contributed by atoms with Crippen LogP contribution in [0.4, 0.5) is 0 Å². The predicted octanol–water partition coefficient (Wildman–Crippen LogP) is 4.84. The minimum Gasteiger partial charge on any atom is -0.310 e. The van der Waals surface area contributed by atoms with Gasteiger partial charge in [-0.25, -0.2) is 0 Å². The minimum atomic E-state index is 0.307. The van der Waals surface area contributed by atoms with E-state index in [0.29, 0.717) is 6.04 Å². The summed E-state index contributed by atoms with van der Waals surface area (Å²) in [6.07, 6.45) is 0.978. The summed E-state index contributed by atoms with van der Waals surface area (Å²) in [4.78, 5) is 0. The number of benzene rings is 2. The van der Waals surface area contributed by atoms with Gasteiger partial charge in [-0.1, -0.05) is 54.9 Å². The summed E-state index contributed by atoms with van der Waals surface area (Å²) in [7, 11) is 0. The van der Waals surface area contributed by atoms with E-state index in [9.17, 15) is 0 Å². The number of hydrogen-bond donors (Lipinski definition) is 1. The molecule has 0 saturated heterocycles. The Morgan fingerprint density at radius 1 is 1.16 bits per heavy atom. The molecule has 100 valence electrons. The van der Waals surface area contributed by atoms with Gasteiger partial charge in [-0.3, -0.25) is 0 Å². The molecule has 0 spiro atoms. The molecule has 3 heteroatoms. The lowest BCUT2D eigenvalue weighted by atomic mass is 9.99. The van der Waals surface area contributed by atoms with Crippen LogP contribution in [-0.2, 0) is 6.42 Å². The van der Waals surface area contributed by atoms with Crippen LogP contribution in [0, 0.1) is 3.57 Å². The molecule has 0 fully saturated rings. The maximum Gasteiger partial charge on any atom is 0.0542 e. The second-order valence-corrected chi connectivity index (χ2v) is 6.04. The van der Waals surface area contributed by atoms with Crippen LogP contribution in [0.2, 0.25) is 5.02 Å². The third-order valence-corrected chi connectivity index (χ3v) is 4.65. The second kappa shape index (κ2) is 7.27. The van der Waals surface area contributed by atoms with Crippen LogP contribution in [-0.4, -0.2) is 6.54 Å². The smallest absolute Gasteiger partial charge is 0.0542 e. The molecule has 0 aliphatic heterocycles. The van der Waals surface area contributed by atoms with Gasteiger partial charge in [0, 0.05) is 9.61 Å². The lowest BCUT2D eigenvalue weighted by molar-refractivity contribution is 0.550. The van der Waals surface area contributed by atoms with Crippen molar-refractivity contribution in [3.63, 3.8) is 0 Å². The molecule has 0 heterocycles. The predicted molar refractivity (Wildman–Crippen MR) is 90.7 cm³/mol. The first-order valence-corrected chi connectivity index (χ1v) is 7.88. The zero-order valence-electron chi connectivity index (χ0n) is 10.9. The molecule has 1 nitrogen and oxygen atoms in total. The van der Waals surface area contributed by atoms with Gasteiger partial charge in [0.05, 0.1) is 5.02 Å². The molecule has 2 aromatic rings. The molecule has 1 atom stereocenters. The fourth-order valence-corrected chi connectivity index (χ4v) is 2.66. The van der Waals surface area contributed by atoms with Crippen molar-refractivity contribution in [2.75, 3.05) is 6.54 Å². The van der Waals surface area contributed by atoms with Crippen LogP contribution < -0.4 is 5.32 Å². The molecule has 1 unspecified atom stereocenters. The molecule has 19 heavy (non-hydrogen) atoms. The van der Waals surface area contributed by atoms with Crippen LogP contribution in [0.5, 0.6) is 0 Å². The Morgan fingerprint density at radius 2 is 1.89 bits per heavy atom. The largest absolute Gasteiger partial charge is 0.310 e. The summed E-state index contributed by atoms with van der Waals surface area (Å²) < 4.78 is 1.10. The molecule has 0 aliphatic rings. The SMILES string of the molecule is CCNC(Cc1ccccc1)c1ccc(I)c(Cl)c1. The van der Waals surface area contributed by atoms with Gasteiger partial charge in [-0.15, -0.1) is 0 Å². The summed E-state index contributed by atoms with van der Waals surface area (Å²) in [6.45, 7) is 3.08.